The molecule has 0 unspecified atom stereocenters. The van der Waals surface area contributed by atoms with Crippen molar-refractivity contribution in [1.29, 1.82) is 0 Å². The number of aromatic nitrogens is 3. The highest BCUT2D eigenvalue weighted by atomic mass is 32.1. The van der Waals surface area contributed by atoms with Crippen LogP contribution < -0.4 is 0 Å². The molecule has 0 atom stereocenters. The molecule has 1 saturated heterocycles. The Balaban J connectivity index is 1.59. The van der Waals surface area contributed by atoms with Gasteiger partial charge < -0.3 is 9.42 Å². The summed E-state index contributed by atoms with van der Waals surface area (Å²) in [6.07, 6.45) is 0.740. The first-order valence-corrected chi connectivity index (χ1v) is 8.62. The second kappa shape index (κ2) is 6.76. The van der Waals surface area contributed by atoms with Gasteiger partial charge in [0.15, 0.2) is 0 Å². The molecule has 23 heavy (non-hydrogen) atoms. The molecule has 0 saturated carbocycles. The largest absolute Gasteiger partial charge is 0.361 e. The second-order valence-electron chi connectivity index (χ2n) is 5.77. The Morgan fingerprint density at radius 1 is 1.26 bits per heavy atom. The molecule has 3 heterocycles. The van der Waals surface area contributed by atoms with E-state index >= 15 is 0 Å². The lowest BCUT2D eigenvalue weighted by Crippen LogP contribution is -2.48. The van der Waals surface area contributed by atoms with Gasteiger partial charge in [-0.05, 0) is 31.8 Å². The third-order valence-corrected chi connectivity index (χ3v) is 5.06. The summed E-state index contributed by atoms with van der Waals surface area (Å²) in [5, 5.41) is 8.03. The zero-order valence-corrected chi connectivity index (χ0v) is 14.5. The summed E-state index contributed by atoms with van der Waals surface area (Å²) >= 11 is 1.20. The number of amides is 1. The number of carbonyl (C=O) groups excluding carboxylic acids is 1. The molecular formula is C15H21N5O2S. The van der Waals surface area contributed by atoms with Crippen LogP contribution >= 0.6 is 11.5 Å². The molecule has 2 aromatic rings. The number of aryl methyl sites for hydroxylation is 3. The maximum absolute atomic E-state index is 12.6. The van der Waals surface area contributed by atoms with Crippen LogP contribution in [0.5, 0.6) is 0 Å². The Labute approximate surface area is 139 Å². The molecular weight excluding hydrogens is 314 g/mol. The van der Waals surface area contributed by atoms with Crippen LogP contribution in [0.3, 0.4) is 0 Å². The predicted molar refractivity (Wildman–Crippen MR) is 86.4 cm³/mol. The van der Waals surface area contributed by atoms with E-state index in [0.717, 1.165) is 61.9 Å². The van der Waals surface area contributed by atoms with E-state index in [1.807, 2.05) is 25.7 Å². The molecule has 0 N–H and O–H groups in total. The van der Waals surface area contributed by atoms with Crippen molar-refractivity contribution >= 4 is 17.4 Å². The van der Waals surface area contributed by atoms with E-state index in [4.69, 9.17) is 4.52 Å². The highest BCUT2D eigenvalue weighted by molar-refractivity contribution is 7.08. The van der Waals surface area contributed by atoms with Crippen LogP contribution in [0.2, 0.25) is 0 Å². The third kappa shape index (κ3) is 3.28. The van der Waals surface area contributed by atoms with E-state index in [-0.39, 0.29) is 5.91 Å². The van der Waals surface area contributed by atoms with Crippen molar-refractivity contribution in [3.05, 3.63) is 27.6 Å². The number of rotatable bonds is 4. The van der Waals surface area contributed by atoms with Crippen LogP contribution in [-0.4, -0.2) is 56.6 Å². The summed E-state index contributed by atoms with van der Waals surface area (Å²) in [5.74, 6) is 0.943. The van der Waals surface area contributed by atoms with Gasteiger partial charge >= 0.3 is 0 Å². The van der Waals surface area contributed by atoms with Gasteiger partial charge in [-0.25, -0.2) is 0 Å². The SMILES string of the molecule is CCc1nnsc1C(=O)N1CCN(Cc2c(C)noc2C)CC1. The van der Waals surface area contributed by atoms with Crippen molar-refractivity contribution in [2.24, 2.45) is 0 Å². The summed E-state index contributed by atoms with van der Waals surface area (Å²) in [6, 6.07) is 0. The number of hydrogen-bond donors (Lipinski definition) is 0. The molecule has 8 heteroatoms. The highest BCUT2D eigenvalue weighted by Gasteiger charge is 2.26. The van der Waals surface area contributed by atoms with E-state index in [0.29, 0.717) is 4.88 Å². The van der Waals surface area contributed by atoms with Gasteiger partial charge in [-0.3, -0.25) is 9.69 Å². The van der Waals surface area contributed by atoms with Crippen LogP contribution in [-0.2, 0) is 13.0 Å². The Hall–Kier alpha value is -1.80. The van der Waals surface area contributed by atoms with Crippen molar-refractivity contribution in [2.45, 2.75) is 33.7 Å². The van der Waals surface area contributed by atoms with Crippen LogP contribution in [0.25, 0.3) is 0 Å². The van der Waals surface area contributed by atoms with E-state index in [1.165, 1.54) is 11.5 Å². The standard InChI is InChI=1S/C15H21N5O2S/c1-4-13-14(23-18-16-13)15(21)20-7-5-19(6-8-20)9-12-10(2)17-22-11(12)3/h4-9H2,1-3H3. The molecule has 1 fully saturated rings. The van der Waals surface area contributed by atoms with E-state index in [9.17, 15) is 4.79 Å². The average molecular weight is 335 g/mol. The first kappa shape index (κ1) is 16.1. The summed E-state index contributed by atoms with van der Waals surface area (Å²) in [6.45, 7) is 9.88. The zero-order chi connectivity index (χ0) is 16.4. The monoisotopic (exact) mass is 335 g/mol. The van der Waals surface area contributed by atoms with Crippen molar-refractivity contribution < 1.29 is 9.32 Å². The maximum Gasteiger partial charge on any atom is 0.267 e. The minimum atomic E-state index is 0.0637. The summed E-state index contributed by atoms with van der Waals surface area (Å²) in [7, 11) is 0. The van der Waals surface area contributed by atoms with Crippen LogP contribution in [0, 0.1) is 13.8 Å². The summed E-state index contributed by atoms with van der Waals surface area (Å²) in [4.78, 5) is 17.5. The van der Waals surface area contributed by atoms with E-state index < -0.39 is 0 Å². The molecule has 3 rings (SSSR count). The Morgan fingerprint density at radius 3 is 2.61 bits per heavy atom. The second-order valence-corrected chi connectivity index (χ2v) is 6.53. The van der Waals surface area contributed by atoms with Crippen LogP contribution in [0.15, 0.2) is 4.52 Å². The van der Waals surface area contributed by atoms with Gasteiger partial charge in [0.2, 0.25) is 0 Å². The molecule has 1 aliphatic rings. The highest BCUT2D eigenvalue weighted by Crippen LogP contribution is 2.18. The molecule has 0 aromatic carbocycles. The molecule has 0 spiro atoms. The van der Waals surface area contributed by atoms with Crippen molar-refractivity contribution in [2.75, 3.05) is 26.2 Å². The zero-order valence-electron chi connectivity index (χ0n) is 13.7. The van der Waals surface area contributed by atoms with Gasteiger partial charge in [0.1, 0.15) is 10.6 Å². The molecule has 2 aromatic heterocycles. The lowest BCUT2D eigenvalue weighted by molar-refractivity contribution is 0.0631. The molecule has 0 aliphatic carbocycles. The molecule has 124 valence electrons. The Bertz CT molecular complexity index is 668. The Morgan fingerprint density at radius 2 is 2.00 bits per heavy atom. The van der Waals surface area contributed by atoms with Gasteiger partial charge in [0.25, 0.3) is 5.91 Å². The molecule has 1 aliphatic heterocycles. The molecule has 1 amide bonds. The Kier molecular flexibility index (Phi) is 4.72. The first-order chi connectivity index (χ1) is 11.1. The molecule has 0 radical (unpaired) electrons. The van der Waals surface area contributed by atoms with Crippen LogP contribution in [0.4, 0.5) is 0 Å². The number of nitrogens with zero attached hydrogens (tertiary/aromatic N) is 5. The first-order valence-electron chi connectivity index (χ1n) is 7.84. The van der Waals surface area contributed by atoms with Crippen molar-refractivity contribution in [3.8, 4) is 0 Å². The third-order valence-electron chi connectivity index (χ3n) is 4.31. The van der Waals surface area contributed by atoms with Crippen molar-refractivity contribution in [3.63, 3.8) is 0 Å². The lowest BCUT2D eigenvalue weighted by Gasteiger charge is -2.34. The van der Waals surface area contributed by atoms with Gasteiger partial charge in [-0.2, -0.15) is 0 Å². The predicted octanol–water partition coefficient (Wildman–Crippen LogP) is 1.66. The van der Waals surface area contributed by atoms with Crippen LogP contribution in [0.1, 0.15) is 39.3 Å². The minimum Gasteiger partial charge on any atom is -0.361 e. The topological polar surface area (TPSA) is 75.4 Å². The molecule has 0 bridgehead atoms. The summed E-state index contributed by atoms with van der Waals surface area (Å²) in [5.41, 5.74) is 2.91. The fourth-order valence-electron chi connectivity index (χ4n) is 2.81. The maximum atomic E-state index is 12.6. The van der Waals surface area contributed by atoms with Gasteiger partial charge in [0.05, 0.1) is 11.4 Å². The lowest BCUT2D eigenvalue weighted by atomic mass is 10.1. The van der Waals surface area contributed by atoms with E-state index in [2.05, 4.69) is 19.6 Å². The van der Waals surface area contributed by atoms with E-state index in [1.54, 1.807) is 0 Å². The van der Waals surface area contributed by atoms with Gasteiger partial charge in [-0.15, -0.1) is 5.10 Å². The summed E-state index contributed by atoms with van der Waals surface area (Å²) < 4.78 is 9.13. The van der Waals surface area contributed by atoms with Crippen molar-refractivity contribution in [1.82, 2.24) is 24.5 Å². The minimum absolute atomic E-state index is 0.0637. The number of carbonyl (C=O) groups is 1. The van der Waals surface area contributed by atoms with Gasteiger partial charge in [0, 0.05) is 38.3 Å². The average Bonchev–Trinajstić information content (AvgIpc) is 3.16. The van der Waals surface area contributed by atoms with Gasteiger partial charge in [-0.1, -0.05) is 16.6 Å². The number of hydrogen-bond acceptors (Lipinski definition) is 7. The normalized spacial score (nSPS) is 16.0. The number of piperazine rings is 1. The fraction of sp³-hybridized carbons (Fsp3) is 0.600. The smallest absolute Gasteiger partial charge is 0.267 e. The fourth-order valence-corrected chi connectivity index (χ4v) is 3.53. The molecule has 7 nitrogen and oxygen atoms in total. The quantitative estimate of drug-likeness (QED) is 0.846.